The number of rotatable bonds is 11. The molecule has 1 aromatic carbocycles. The van der Waals surface area contributed by atoms with Crippen molar-refractivity contribution in [1.29, 1.82) is 0 Å². The molecule has 0 aliphatic rings. The second-order valence-corrected chi connectivity index (χ2v) is 9.36. The normalized spacial score (nSPS) is 12.1. The first kappa shape index (κ1) is 21.5. The lowest BCUT2D eigenvalue weighted by Crippen LogP contribution is -2.31. The molecule has 0 amide bonds. The Balaban J connectivity index is 1.81. The summed E-state index contributed by atoms with van der Waals surface area (Å²) in [6, 6.07) is 7.00. The minimum absolute atomic E-state index is 0.000899. The topological polar surface area (TPSA) is 128 Å². The van der Waals surface area contributed by atoms with Crippen LogP contribution in [0.15, 0.2) is 51.9 Å². The quantitative estimate of drug-likeness (QED) is 0.325. The molecule has 3 aromatic rings. The van der Waals surface area contributed by atoms with Gasteiger partial charge in [0.15, 0.2) is 5.82 Å². The lowest BCUT2D eigenvalue weighted by molar-refractivity contribution is 0.202. The van der Waals surface area contributed by atoms with Crippen LogP contribution in [0.25, 0.3) is 11.1 Å². The predicted octanol–water partition coefficient (Wildman–Crippen LogP) is 3.57. The largest absolute Gasteiger partial charge is 0.473 e. The van der Waals surface area contributed by atoms with Gasteiger partial charge in [0.1, 0.15) is 19.5 Å². The average Bonchev–Trinajstić information content (AvgIpc) is 2.79. The molecule has 0 radical (unpaired) electrons. The zero-order valence-corrected chi connectivity index (χ0v) is 20.8. The third-order valence-electron chi connectivity index (χ3n) is 3.77. The van der Waals surface area contributed by atoms with Crippen LogP contribution < -0.4 is 18.9 Å². The highest BCUT2D eigenvalue weighted by Crippen LogP contribution is 2.34. The zero-order chi connectivity index (χ0) is 24.7. The highest BCUT2D eigenvalue weighted by Gasteiger charge is 2.19. The van der Waals surface area contributed by atoms with E-state index in [1.807, 2.05) is 6.92 Å². The Labute approximate surface area is 205 Å². The predicted molar refractivity (Wildman–Crippen MR) is 127 cm³/mol. The van der Waals surface area contributed by atoms with E-state index in [9.17, 15) is 8.42 Å². The summed E-state index contributed by atoms with van der Waals surface area (Å²) in [5.41, 5.74) is 0.973. The molecule has 0 unspecified atom stereocenters. The molecule has 2 aromatic heterocycles. The maximum absolute atomic E-state index is 12.4. The fraction of sp³-hybridized carbons (Fsp3) is 0.263. The second-order valence-electron chi connectivity index (χ2n) is 6.15. The first-order chi connectivity index (χ1) is 16.2. The number of halogens is 2. The molecule has 0 spiro atoms. The average molecular weight is 590 g/mol. The van der Waals surface area contributed by atoms with Gasteiger partial charge in [-0.3, -0.25) is 4.72 Å². The van der Waals surface area contributed by atoms with Crippen molar-refractivity contribution in [2.45, 2.75) is 13.3 Å². The lowest BCUT2D eigenvalue weighted by Gasteiger charge is -2.15. The fourth-order valence-corrected chi connectivity index (χ4v) is 3.81. The lowest BCUT2D eigenvalue weighted by atomic mass is 10.1. The third kappa shape index (κ3) is 7.08. The van der Waals surface area contributed by atoms with Crippen molar-refractivity contribution in [2.24, 2.45) is 0 Å². The van der Waals surface area contributed by atoms with Crippen LogP contribution in [-0.4, -0.2) is 48.1 Å². The second kappa shape index (κ2) is 11.5. The molecular formula is C19H20Br2N6O4S. The van der Waals surface area contributed by atoms with Crippen molar-refractivity contribution >= 4 is 47.9 Å². The van der Waals surface area contributed by atoms with E-state index in [0.29, 0.717) is 17.5 Å². The Morgan fingerprint density at radius 3 is 2.38 bits per heavy atom. The van der Waals surface area contributed by atoms with Crippen LogP contribution in [0.4, 0.5) is 5.82 Å². The SMILES string of the molecule is [2H]c1nc(OCCOc2ncnc(NS(=O)(=O)NCCC)c2-c2ccc(Br)cc2)nc([2H])c1Br. The molecule has 2 N–H and O–H groups in total. The highest BCUT2D eigenvalue weighted by atomic mass is 79.9. The Hall–Kier alpha value is -2.35. The Morgan fingerprint density at radius 2 is 1.69 bits per heavy atom. The summed E-state index contributed by atoms with van der Waals surface area (Å²) in [5.74, 6) is 0.180. The number of ether oxygens (including phenoxy) is 2. The van der Waals surface area contributed by atoms with E-state index in [0.717, 1.165) is 4.47 Å². The third-order valence-corrected chi connectivity index (χ3v) is 5.70. The Morgan fingerprint density at radius 1 is 1.00 bits per heavy atom. The molecule has 13 heteroatoms. The van der Waals surface area contributed by atoms with E-state index in [1.54, 1.807) is 24.3 Å². The molecule has 0 aliphatic heterocycles. The summed E-state index contributed by atoms with van der Waals surface area (Å²) >= 11 is 6.43. The molecule has 0 saturated carbocycles. The van der Waals surface area contributed by atoms with Gasteiger partial charge in [-0.2, -0.15) is 13.1 Å². The van der Waals surface area contributed by atoms with Gasteiger partial charge in [0.25, 0.3) is 10.2 Å². The summed E-state index contributed by atoms with van der Waals surface area (Å²) in [4.78, 5) is 15.9. The number of nitrogens with one attached hydrogen (secondary N) is 2. The first-order valence-electron chi connectivity index (χ1n) is 10.3. The Kier molecular flexibility index (Phi) is 7.72. The zero-order valence-electron chi connectivity index (χ0n) is 18.8. The number of hydrogen-bond donors (Lipinski definition) is 2. The van der Waals surface area contributed by atoms with E-state index in [4.69, 9.17) is 12.2 Å². The van der Waals surface area contributed by atoms with Crippen LogP contribution in [0.5, 0.6) is 11.9 Å². The van der Waals surface area contributed by atoms with Gasteiger partial charge in [-0.25, -0.2) is 19.9 Å². The van der Waals surface area contributed by atoms with Crippen LogP contribution in [0.2, 0.25) is 0 Å². The van der Waals surface area contributed by atoms with Gasteiger partial charge < -0.3 is 9.47 Å². The van der Waals surface area contributed by atoms with E-state index in [-0.39, 0.29) is 54.3 Å². The van der Waals surface area contributed by atoms with Crippen molar-refractivity contribution in [3.63, 3.8) is 0 Å². The van der Waals surface area contributed by atoms with Gasteiger partial charge in [0.2, 0.25) is 5.88 Å². The van der Waals surface area contributed by atoms with E-state index >= 15 is 0 Å². The van der Waals surface area contributed by atoms with Crippen LogP contribution in [-0.2, 0) is 10.2 Å². The monoisotopic (exact) mass is 588 g/mol. The summed E-state index contributed by atoms with van der Waals surface area (Å²) < 4.78 is 57.2. The number of aromatic nitrogens is 4. The Bertz CT molecular complexity index is 1230. The van der Waals surface area contributed by atoms with Gasteiger partial charge in [-0.1, -0.05) is 35.0 Å². The van der Waals surface area contributed by atoms with Crippen molar-refractivity contribution in [3.8, 4) is 23.0 Å². The summed E-state index contributed by atoms with van der Waals surface area (Å²) in [6.45, 7) is 2.11. The summed E-state index contributed by atoms with van der Waals surface area (Å²) in [7, 11) is -3.86. The maximum atomic E-state index is 12.4. The standard InChI is InChI=1S/C19H20Br2N6O4S/c1-2-7-26-32(28,29)27-17-16(13-3-5-14(20)6-4-13)18(25-12-24-17)30-8-9-31-19-22-10-15(21)11-23-19/h3-6,10-12,26H,2,7-9H2,1H3,(H,24,25,27)/i10D,11D. The molecule has 170 valence electrons. The van der Waals surface area contributed by atoms with E-state index in [1.165, 1.54) is 6.33 Å². The molecular weight excluding hydrogens is 568 g/mol. The minimum Gasteiger partial charge on any atom is -0.473 e. The van der Waals surface area contributed by atoms with Crippen molar-refractivity contribution in [1.82, 2.24) is 24.7 Å². The van der Waals surface area contributed by atoms with Gasteiger partial charge >= 0.3 is 6.01 Å². The maximum Gasteiger partial charge on any atom is 0.316 e. The molecule has 10 nitrogen and oxygen atoms in total. The summed E-state index contributed by atoms with van der Waals surface area (Å²) in [6.07, 6.45) is 1.48. The summed E-state index contributed by atoms with van der Waals surface area (Å²) in [5, 5.41) is 0. The van der Waals surface area contributed by atoms with Gasteiger partial charge in [0.05, 0.1) is 12.8 Å². The molecule has 32 heavy (non-hydrogen) atoms. The highest BCUT2D eigenvalue weighted by molar-refractivity contribution is 9.10. The number of hydrogen-bond acceptors (Lipinski definition) is 8. The molecule has 0 fully saturated rings. The van der Waals surface area contributed by atoms with Crippen molar-refractivity contribution in [3.05, 3.63) is 51.9 Å². The van der Waals surface area contributed by atoms with Crippen molar-refractivity contribution < 1.29 is 20.6 Å². The number of nitrogens with zero attached hydrogens (tertiary/aromatic N) is 4. The minimum atomic E-state index is -3.86. The van der Waals surface area contributed by atoms with Crippen LogP contribution in [0.3, 0.4) is 0 Å². The molecule has 0 bridgehead atoms. The molecule has 0 aliphatic carbocycles. The molecule has 2 heterocycles. The number of benzene rings is 1. The van der Waals surface area contributed by atoms with Crippen molar-refractivity contribution in [2.75, 3.05) is 24.5 Å². The smallest absolute Gasteiger partial charge is 0.316 e. The van der Waals surface area contributed by atoms with E-state index in [2.05, 4.69) is 61.2 Å². The van der Waals surface area contributed by atoms with Crippen LogP contribution in [0, 0.1) is 0 Å². The van der Waals surface area contributed by atoms with Gasteiger partial charge in [-0.05, 0) is 40.0 Å². The van der Waals surface area contributed by atoms with E-state index < -0.39 is 10.2 Å². The first-order valence-corrected chi connectivity index (χ1v) is 12.4. The van der Waals surface area contributed by atoms with Crippen LogP contribution in [0.1, 0.15) is 16.1 Å². The van der Waals surface area contributed by atoms with Crippen LogP contribution >= 0.6 is 31.9 Å². The molecule has 0 atom stereocenters. The fourth-order valence-electron chi connectivity index (χ4n) is 2.41. The molecule has 0 saturated heterocycles. The number of anilines is 1. The van der Waals surface area contributed by atoms with Gasteiger partial charge in [0, 0.05) is 23.4 Å². The van der Waals surface area contributed by atoms with Gasteiger partial charge in [-0.15, -0.1) is 0 Å². The molecule has 3 rings (SSSR count).